The number of carbonyl (C=O) groups excluding carboxylic acids is 1. The van der Waals surface area contributed by atoms with Crippen LogP contribution in [0.4, 0.5) is 4.39 Å². The van der Waals surface area contributed by atoms with E-state index in [1.54, 1.807) is 6.07 Å². The van der Waals surface area contributed by atoms with Crippen LogP contribution in [-0.4, -0.2) is 23.0 Å². The van der Waals surface area contributed by atoms with Crippen LogP contribution in [0.2, 0.25) is 5.02 Å². The van der Waals surface area contributed by atoms with Gasteiger partial charge in [0, 0.05) is 25.4 Å². The average Bonchev–Trinajstić information content (AvgIpc) is 2.47. The van der Waals surface area contributed by atoms with E-state index in [-0.39, 0.29) is 22.9 Å². The summed E-state index contributed by atoms with van der Waals surface area (Å²) in [5.74, 6) is -1.26. The fourth-order valence-electron chi connectivity index (χ4n) is 2.45. The number of nitrogens with two attached hydrogens (primary N) is 1. The maximum Gasteiger partial charge on any atom is 0.300 e. The van der Waals surface area contributed by atoms with Gasteiger partial charge in [0.05, 0.1) is 5.02 Å². The summed E-state index contributed by atoms with van der Waals surface area (Å²) in [6, 6.07) is 4.59. The largest absolute Gasteiger partial charge is 0.481 e. The van der Waals surface area contributed by atoms with E-state index in [1.807, 2.05) is 0 Å². The van der Waals surface area contributed by atoms with Crippen LogP contribution in [0, 0.1) is 11.7 Å². The van der Waals surface area contributed by atoms with Gasteiger partial charge in [-0.05, 0) is 37.0 Å². The van der Waals surface area contributed by atoms with E-state index in [0.29, 0.717) is 6.54 Å². The van der Waals surface area contributed by atoms with E-state index < -0.39 is 11.8 Å². The maximum atomic E-state index is 13.0. The van der Waals surface area contributed by atoms with Crippen molar-refractivity contribution in [2.45, 2.75) is 45.2 Å². The van der Waals surface area contributed by atoms with Crippen LogP contribution in [0.15, 0.2) is 18.2 Å². The van der Waals surface area contributed by atoms with Crippen LogP contribution in [0.1, 0.15) is 38.2 Å². The third-order valence-corrected chi connectivity index (χ3v) is 3.83. The van der Waals surface area contributed by atoms with E-state index in [2.05, 4.69) is 5.32 Å². The number of amides is 1. The molecule has 23 heavy (non-hydrogen) atoms. The van der Waals surface area contributed by atoms with E-state index in [9.17, 15) is 9.18 Å². The highest BCUT2D eigenvalue weighted by Crippen LogP contribution is 2.23. The third kappa shape index (κ3) is 7.43. The Balaban J connectivity index is 0.000000593. The van der Waals surface area contributed by atoms with E-state index in [4.69, 9.17) is 27.2 Å². The molecule has 1 aromatic rings. The molecular formula is C16H22ClFN2O3. The Hall–Kier alpha value is -1.66. The van der Waals surface area contributed by atoms with Gasteiger partial charge in [-0.15, -0.1) is 0 Å². The summed E-state index contributed by atoms with van der Waals surface area (Å²) in [7, 11) is 0. The van der Waals surface area contributed by atoms with Crippen molar-refractivity contribution >= 4 is 23.5 Å². The Morgan fingerprint density at radius 2 is 2.09 bits per heavy atom. The molecule has 5 nitrogen and oxygen atoms in total. The fraction of sp³-hybridized carbons (Fsp3) is 0.500. The van der Waals surface area contributed by atoms with Crippen molar-refractivity contribution in [3.63, 3.8) is 0 Å². The van der Waals surface area contributed by atoms with Gasteiger partial charge in [0.25, 0.3) is 5.97 Å². The van der Waals surface area contributed by atoms with Gasteiger partial charge >= 0.3 is 0 Å². The first-order valence-corrected chi connectivity index (χ1v) is 7.84. The van der Waals surface area contributed by atoms with E-state index in [0.717, 1.165) is 38.2 Å². The van der Waals surface area contributed by atoms with Crippen LogP contribution in [0.3, 0.4) is 0 Å². The molecule has 1 aliphatic carbocycles. The molecule has 0 spiro atoms. The first kappa shape index (κ1) is 19.4. The van der Waals surface area contributed by atoms with Crippen LogP contribution < -0.4 is 11.1 Å². The zero-order chi connectivity index (χ0) is 17.4. The van der Waals surface area contributed by atoms with Gasteiger partial charge in [0.15, 0.2) is 0 Å². The minimum Gasteiger partial charge on any atom is -0.481 e. The predicted octanol–water partition coefficient (Wildman–Crippen LogP) is 2.70. The van der Waals surface area contributed by atoms with Crippen molar-refractivity contribution in [1.29, 1.82) is 0 Å². The summed E-state index contributed by atoms with van der Waals surface area (Å²) in [5, 5.41) is 10.4. The molecule has 1 fully saturated rings. The summed E-state index contributed by atoms with van der Waals surface area (Å²) < 4.78 is 13.0. The number of carboxylic acid groups (broad SMARTS) is 1. The molecule has 128 valence electrons. The zero-order valence-electron chi connectivity index (χ0n) is 13.0. The molecule has 0 aliphatic heterocycles. The summed E-state index contributed by atoms with van der Waals surface area (Å²) in [4.78, 5) is 21.0. The summed E-state index contributed by atoms with van der Waals surface area (Å²) in [5.41, 5.74) is 6.66. The van der Waals surface area contributed by atoms with Crippen LogP contribution in [0.25, 0.3) is 0 Å². The molecule has 1 amide bonds. The van der Waals surface area contributed by atoms with Crippen molar-refractivity contribution in [2.24, 2.45) is 11.7 Å². The Bertz CT molecular complexity index is 550. The molecule has 0 unspecified atom stereocenters. The zero-order valence-corrected chi connectivity index (χ0v) is 13.8. The van der Waals surface area contributed by atoms with Crippen LogP contribution in [-0.2, 0) is 16.1 Å². The van der Waals surface area contributed by atoms with Gasteiger partial charge in [0.2, 0.25) is 5.91 Å². The summed E-state index contributed by atoms with van der Waals surface area (Å²) >= 11 is 5.69. The van der Waals surface area contributed by atoms with Crippen molar-refractivity contribution < 1.29 is 19.1 Å². The molecule has 0 aromatic heterocycles. The van der Waals surface area contributed by atoms with Gasteiger partial charge in [-0.2, -0.15) is 0 Å². The van der Waals surface area contributed by atoms with Crippen LogP contribution >= 0.6 is 11.6 Å². The van der Waals surface area contributed by atoms with Crippen LogP contribution in [0.5, 0.6) is 0 Å². The second-order valence-electron chi connectivity index (χ2n) is 5.61. The van der Waals surface area contributed by atoms with Gasteiger partial charge in [-0.25, -0.2) is 4.39 Å². The Morgan fingerprint density at radius 1 is 1.43 bits per heavy atom. The lowest BCUT2D eigenvalue weighted by Crippen LogP contribution is -2.37. The lowest BCUT2D eigenvalue weighted by atomic mass is 9.85. The second-order valence-corrected chi connectivity index (χ2v) is 6.02. The van der Waals surface area contributed by atoms with Gasteiger partial charge < -0.3 is 16.2 Å². The van der Waals surface area contributed by atoms with Gasteiger partial charge in [-0.3, -0.25) is 9.59 Å². The first-order valence-electron chi connectivity index (χ1n) is 7.46. The third-order valence-electron chi connectivity index (χ3n) is 3.54. The molecule has 1 aromatic carbocycles. The number of rotatable bonds is 3. The van der Waals surface area contributed by atoms with E-state index >= 15 is 0 Å². The van der Waals surface area contributed by atoms with E-state index in [1.165, 1.54) is 12.1 Å². The smallest absolute Gasteiger partial charge is 0.300 e. The molecule has 0 saturated heterocycles. The molecule has 2 rings (SSSR count). The average molecular weight is 345 g/mol. The summed E-state index contributed by atoms with van der Waals surface area (Å²) in [6.07, 6.45) is 3.64. The standard InChI is InChI=1S/C14H18ClFN2O.C2H4O2/c15-12-6-9(4-5-13(12)16)8-18-14(19)10-2-1-3-11(17)7-10;1-2(3)4/h4-6,10-11H,1-3,7-8,17H2,(H,18,19);1H3,(H,3,4)/t10-,11+;/m1./s1. The Kier molecular flexibility index (Phi) is 7.98. The number of halogens is 2. The number of hydrogen-bond acceptors (Lipinski definition) is 3. The number of carbonyl (C=O) groups is 2. The van der Waals surface area contributed by atoms with Crippen molar-refractivity contribution in [1.82, 2.24) is 5.32 Å². The second kappa shape index (κ2) is 9.47. The molecule has 4 N–H and O–H groups in total. The lowest BCUT2D eigenvalue weighted by molar-refractivity contribution is -0.134. The minimum absolute atomic E-state index is 0.000305. The molecule has 0 heterocycles. The molecule has 1 aliphatic rings. The molecule has 2 atom stereocenters. The summed E-state index contributed by atoms with van der Waals surface area (Å²) in [6.45, 7) is 1.45. The monoisotopic (exact) mass is 344 g/mol. The predicted molar refractivity (Wildman–Crippen MR) is 86.5 cm³/mol. The normalized spacial score (nSPS) is 20.2. The molecule has 0 bridgehead atoms. The topological polar surface area (TPSA) is 92.4 Å². The Morgan fingerprint density at radius 3 is 2.65 bits per heavy atom. The van der Waals surface area contributed by atoms with Crippen molar-refractivity contribution in [3.8, 4) is 0 Å². The minimum atomic E-state index is -0.833. The molecular weight excluding hydrogens is 323 g/mol. The van der Waals surface area contributed by atoms with Crippen molar-refractivity contribution in [2.75, 3.05) is 0 Å². The number of hydrogen-bond donors (Lipinski definition) is 3. The highest BCUT2D eigenvalue weighted by Gasteiger charge is 2.24. The van der Waals surface area contributed by atoms with Gasteiger partial charge in [-0.1, -0.05) is 24.1 Å². The lowest BCUT2D eigenvalue weighted by Gasteiger charge is -2.25. The first-order chi connectivity index (χ1) is 10.8. The highest BCUT2D eigenvalue weighted by atomic mass is 35.5. The Labute approximate surface area is 140 Å². The fourth-order valence-corrected chi connectivity index (χ4v) is 2.65. The number of carboxylic acids is 1. The number of aliphatic carboxylic acids is 1. The quantitative estimate of drug-likeness (QED) is 0.786. The molecule has 1 saturated carbocycles. The number of nitrogens with one attached hydrogen (secondary N) is 1. The molecule has 0 radical (unpaired) electrons. The number of benzene rings is 1. The highest BCUT2D eigenvalue weighted by molar-refractivity contribution is 6.30. The maximum absolute atomic E-state index is 13.0. The SMILES string of the molecule is CC(=O)O.N[C@H]1CCC[C@@H](C(=O)NCc2ccc(F)c(Cl)c2)C1. The molecule has 7 heteroatoms. The van der Waals surface area contributed by atoms with Crippen molar-refractivity contribution in [3.05, 3.63) is 34.6 Å². The van der Waals surface area contributed by atoms with Gasteiger partial charge in [0.1, 0.15) is 5.82 Å².